The third kappa shape index (κ3) is 4.81. The molecule has 1 aromatic carbocycles. The average Bonchev–Trinajstić information content (AvgIpc) is 2.63. The lowest BCUT2D eigenvalue weighted by Crippen LogP contribution is -2.52. The van der Waals surface area contributed by atoms with Crippen LogP contribution in [0.15, 0.2) is 43.0 Å². The van der Waals surface area contributed by atoms with Crippen molar-refractivity contribution in [3.63, 3.8) is 0 Å². The largest absolute Gasteiger partial charge is 0.417 e. The Labute approximate surface area is 171 Å². The Hall–Kier alpha value is -1.72. The van der Waals surface area contributed by atoms with Crippen molar-refractivity contribution in [2.45, 2.75) is 64.6 Å². The molecule has 0 saturated carbocycles. The molecule has 2 rings (SSSR count). The van der Waals surface area contributed by atoms with Crippen molar-refractivity contribution in [2.75, 3.05) is 13.2 Å². The van der Waals surface area contributed by atoms with Gasteiger partial charge >= 0.3 is 0 Å². The van der Waals surface area contributed by atoms with E-state index in [1.165, 1.54) is 4.90 Å². The van der Waals surface area contributed by atoms with Crippen LogP contribution in [0.25, 0.3) is 0 Å². The quantitative estimate of drug-likeness (QED) is 0.348. The molecule has 0 aromatic heterocycles. The van der Waals surface area contributed by atoms with Gasteiger partial charge in [0.15, 0.2) is 8.32 Å². The number of benzene rings is 1. The fourth-order valence-electron chi connectivity index (χ4n) is 3.52. The van der Waals surface area contributed by atoms with Crippen LogP contribution in [-0.4, -0.2) is 38.2 Å². The summed E-state index contributed by atoms with van der Waals surface area (Å²) in [7, 11) is -1.88. The summed E-state index contributed by atoms with van der Waals surface area (Å²) in [4.78, 5) is 27.8. The summed E-state index contributed by atoms with van der Waals surface area (Å²) >= 11 is 0. The summed E-state index contributed by atoms with van der Waals surface area (Å²) in [6, 6.07) is 9.05. The van der Waals surface area contributed by atoms with Gasteiger partial charge in [-0.05, 0) is 55.9 Å². The van der Waals surface area contributed by atoms with Gasteiger partial charge in [-0.15, -0.1) is 6.58 Å². The Morgan fingerprint density at radius 2 is 1.93 bits per heavy atom. The SMILES string of the molecule is C=CC[C@]1(CCO[Si](C)(C)C(C)(C)C)CCCN(C(=O)c2ccccc2)C1=O. The molecule has 0 bridgehead atoms. The van der Waals surface area contributed by atoms with Crippen molar-refractivity contribution in [2.24, 2.45) is 5.41 Å². The van der Waals surface area contributed by atoms with Crippen molar-refractivity contribution >= 4 is 20.1 Å². The van der Waals surface area contributed by atoms with Crippen molar-refractivity contribution in [1.82, 2.24) is 4.90 Å². The Balaban J connectivity index is 2.17. The first-order valence-corrected chi connectivity index (χ1v) is 13.1. The van der Waals surface area contributed by atoms with Crippen LogP contribution < -0.4 is 0 Å². The van der Waals surface area contributed by atoms with Crippen LogP contribution in [0.4, 0.5) is 0 Å². The first-order valence-electron chi connectivity index (χ1n) is 10.2. The summed E-state index contributed by atoms with van der Waals surface area (Å²) in [5.74, 6) is -0.282. The number of carbonyl (C=O) groups excluding carboxylic acids is 2. The van der Waals surface area contributed by atoms with E-state index in [1.54, 1.807) is 18.2 Å². The molecule has 1 saturated heterocycles. The molecule has 0 spiro atoms. The molecule has 5 heteroatoms. The van der Waals surface area contributed by atoms with Crippen LogP contribution in [0.3, 0.4) is 0 Å². The number of hydrogen-bond donors (Lipinski definition) is 0. The first kappa shape index (κ1) is 22.6. The molecule has 0 unspecified atom stereocenters. The molecule has 1 heterocycles. The second-order valence-corrected chi connectivity index (χ2v) is 14.2. The number of amides is 2. The summed E-state index contributed by atoms with van der Waals surface area (Å²) in [6.45, 7) is 16.0. The highest BCUT2D eigenvalue weighted by atomic mass is 28.4. The van der Waals surface area contributed by atoms with E-state index >= 15 is 0 Å². The Kier molecular flexibility index (Phi) is 7.05. The number of allylic oxidation sites excluding steroid dienone is 1. The maximum absolute atomic E-state index is 13.4. The van der Waals surface area contributed by atoms with Crippen LogP contribution in [0.5, 0.6) is 0 Å². The number of rotatable bonds is 7. The Bertz CT molecular complexity index is 708. The molecule has 2 amide bonds. The van der Waals surface area contributed by atoms with Crippen LogP contribution in [0, 0.1) is 5.41 Å². The molecule has 28 heavy (non-hydrogen) atoms. The molecule has 1 aliphatic heterocycles. The molecule has 4 nitrogen and oxygen atoms in total. The van der Waals surface area contributed by atoms with E-state index < -0.39 is 13.7 Å². The zero-order valence-corrected chi connectivity index (χ0v) is 19.1. The number of likely N-dealkylation sites (tertiary alicyclic amines) is 1. The number of imide groups is 1. The highest BCUT2D eigenvalue weighted by Gasteiger charge is 2.45. The minimum atomic E-state index is -1.88. The second-order valence-electron chi connectivity index (χ2n) is 9.36. The van der Waals surface area contributed by atoms with E-state index in [2.05, 4.69) is 40.4 Å². The fourth-order valence-corrected chi connectivity index (χ4v) is 4.56. The average molecular weight is 402 g/mol. The lowest BCUT2D eigenvalue weighted by atomic mass is 9.73. The highest BCUT2D eigenvalue weighted by molar-refractivity contribution is 6.74. The summed E-state index contributed by atoms with van der Waals surface area (Å²) in [6.07, 6.45) is 4.60. The lowest BCUT2D eigenvalue weighted by Gasteiger charge is -2.42. The van der Waals surface area contributed by atoms with Gasteiger partial charge in [-0.1, -0.05) is 45.0 Å². The molecule has 1 aliphatic rings. The third-order valence-corrected chi connectivity index (χ3v) is 10.9. The minimum Gasteiger partial charge on any atom is -0.417 e. The van der Waals surface area contributed by atoms with Gasteiger partial charge in [0.25, 0.3) is 5.91 Å². The lowest BCUT2D eigenvalue weighted by molar-refractivity contribution is -0.144. The molecule has 154 valence electrons. The maximum Gasteiger partial charge on any atom is 0.260 e. The van der Waals surface area contributed by atoms with E-state index in [0.29, 0.717) is 31.6 Å². The monoisotopic (exact) mass is 401 g/mol. The summed E-state index contributed by atoms with van der Waals surface area (Å²) in [5, 5.41) is 0.129. The van der Waals surface area contributed by atoms with Crippen molar-refractivity contribution < 1.29 is 14.0 Å². The third-order valence-electron chi connectivity index (χ3n) is 6.39. The smallest absolute Gasteiger partial charge is 0.260 e. The maximum atomic E-state index is 13.4. The van der Waals surface area contributed by atoms with Crippen molar-refractivity contribution in [1.29, 1.82) is 0 Å². The van der Waals surface area contributed by atoms with E-state index in [0.717, 1.165) is 12.8 Å². The molecule has 0 N–H and O–H groups in total. The van der Waals surface area contributed by atoms with Crippen LogP contribution in [-0.2, 0) is 9.22 Å². The van der Waals surface area contributed by atoms with Gasteiger partial charge in [-0.2, -0.15) is 0 Å². The Morgan fingerprint density at radius 3 is 2.50 bits per heavy atom. The summed E-state index contributed by atoms with van der Waals surface area (Å²) in [5.41, 5.74) is -0.0323. The van der Waals surface area contributed by atoms with Crippen LogP contribution in [0.2, 0.25) is 18.1 Å². The standard InChI is InChI=1S/C23H35NO3Si/c1-7-14-23(16-18-27-28(5,6)22(2,3)4)15-11-17-24(21(23)26)20(25)19-12-9-8-10-13-19/h7-10,12-13H,1,11,14-18H2,2-6H3/t23-/m1/s1. The van der Waals surface area contributed by atoms with Gasteiger partial charge in [0.2, 0.25) is 5.91 Å². The first-order chi connectivity index (χ1) is 13.0. The molecule has 1 fully saturated rings. The van der Waals surface area contributed by atoms with Gasteiger partial charge in [0.05, 0.1) is 5.41 Å². The molecule has 1 aromatic rings. The number of nitrogens with zero attached hydrogens (tertiary/aromatic N) is 1. The molecular weight excluding hydrogens is 366 g/mol. The normalized spacial score (nSPS) is 20.9. The van der Waals surface area contributed by atoms with Crippen molar-refractivity contribution in [3.8, 4) is 0 Å². The number of hydrogen-bond acceptors (Lipinski definition) is 3. The van der Waals surface area contributed by atoms with Gasteiger partial charge in [0, 0.05) is 18.7 Å². The van der Waals surface area contributed by atoms with Gasteiger partial charge in [0.1, 0.15) is 0 Å². The van der Waals surface area contributed by atoms with E-state index in [9.17, 15) is 9.59 Å². The van der Waals surface area contributed by atoms with Crippen LogP contribution >= 0.6 is 0 Å². The molecule has 1 atom stereocenters. The van der Waals surface area contributed by atoms with Gasteiger partial charge < -0.3 is 4.43 Å². The van der Waals surface area contributed by atoms with E-state index in [1.807, 2.05) is 18.2 Å². The van der Waals surface area contributed by atoms with Gasteiger partial charge in [-0.25, -0.2) is 0 Å². The number of piperidine rings is 1. The van der Waals surface area contributed by atoms with E-state index in [-0.39, 0.29) is 16.9 Å². The predicted molar refractivity (Wildman–Crippen MR) is 117 cm³/mol. The van der Waals surface area contributed by atoms with Gasteiger partial charge in [-0.3, -0.25) is 14.5 Å². The number of carbonyl (C=O) groups is 2. The topological polar surface area (TPSA) is 46.6 Å². The predicted octanol–water partition coefficient (Wildman–Crippen LogP) is 5.42. The molecule has 0 radical (unpaired) electrons. The highest BCUT2D eigenvalue weighted by Crippen LogP contribution is 2.41. The zero-order chi connectivity index (χ0) is 21.0. The Morgan fingerprint density at radius 1 is 1.29 bits per heavy atom. The summed E-state index contributed by atoms with van der Waals surface area (Å²) < 4.78 is 6.35. The molecular formula is C23H35NO3Si. The fraction of sp³-hybridized carbons (Fsp3) is 0.565. The van der Waals surface area contributed by atoms with Crippen LogP contribution in [0.1, 0.15) is 56.8 Å². The van der Waals surface area contributed by atoms with Crippen molar-refractivity contribution in [3.05, 3.63) is 48.6 Å². The second kappa shape index (κ2) is 8.74. The minimum absolute atomic E-state index is 0.0775. The van der Waals surface area contributed by atoms with E-state index in [4.69, 9.17) is 4.43 Å². The molecule has 0 aliphatic carbocycles. The zero-order valence-electron chi connectivity index (χ0n) is 18.1.